The van der Waals surface area contributed by atoms with Crippen LogP contribution in [0.1, 0.15) is 24.0 Å². The molecule has 0 saturated heterocycles. The third-order valence-electron chi connectivity index (χ3n) is 4.50. The van der Waals surface area contributed by atoms with E-state index >= 15 is 0 Å². The number of allylic oxidation sites excluding steroid dienone is 1. The number of aromatic nitrogens is 1. The normalized spacial score (nSPS) is 29.0. The van der Waals surface area contributed by atoms with Gasteiger partial charge in [-0.1, -0.05) is 18.2 Å². The lowest BCUT2D eigenvalue weighted by atomic mass is 9.90. The van der Waals surface area contributed by atoms with Crippen LogP contribution in [0.25, 0.3) is 10.9 Å². The minimum atomic E-state index is -0.954. The standard InChI is InChI=1S/C18H19NO4/c1-20-11-13-7-5-9-22-18(13)16-14(17(21-2)23-18)10-12-6-3-4-8-15(12)19-16/h3-6,8-10,13,17H,7,11H2,1-2H3/t13-,17+,18+/m1/s1. The molecule has 3 heterocycles. The number of methoxy groups -OCH3 is 2. The molecule has 0 radical (unpaired) electrons. The van der Waals surface area contributed by atoms with Crippen molar-refractivity contribution in [3.05, 3.63) is 53.9 Å². The molecule has 0 unspecified atom stereocenters. The van der Waals surface area contributed by atoms with E-state index in [1.54, 1.807) is 20.5 Å². The molecule has 2 aromatic rings. The second-order valence-electron chi connectivity index (χ2n) is 5.85. The van der Waals surface area contributed by atoms with Gasteiger partial charge >= 0.3 is 0 Å². The smallest absolute Gasteiger partial charge is 0.261 e. The molecule has 2 aliphatic rings. The maximum atomic E-state index is 6.21. The Labute approximate surface area is 134 Å². The zero-order valence-electron chi connectivity index (χ0n) is 13.2. The average molecular weight is 313 g/mol. The maximum Gasteiger partial charge on any atom is 0.261 e. The number of rotatable bonds is 3. The van der Waals surface area contributed by atoms with Gasteiger partial charge in [0, 0.05) is 25.2 Å². The Balaban J connectivity index is 1.91. The Hall–Kier alpha value is -1.95. The summed E-state index contributed by atoms with van der Waals surface area (Å²) < 4.78 is 23.1. The summed E-state index contributed by atoms with van der Waals surface area (Å²) in [5.74, 6) is -0.935. The highest BCUT2D eigenvalue weighted by Gasteiger charge is 2.55. The van der Waals surface area contributed by atoms with Crippen LogP contribution >= 0.6 is 0 Å². The fraction of sp³-hybridized carbons (Fsp3) is 0.389. The Morgan fingerprint density at radius 3 is 3.00 bits per heavy atom. The summed E-state index contributed by atoms with van der Waals surface area (Å²) in [6.45, 7) is 0.523. The lowest BCUT2D eigenvalue weighted by Gasteiger charge is -2.37. The first-order valence-corrected chi connectivity index (χ1v) is 7.71. The zero-order chi connectivity index (χ0) is 15.9. The first kappa shape index (κ1) is 14.6. The highest BCUT2D eigenvalue weighted by atomic mass is 16.8. The maximum absolute atomic E-state index is 6.21. The molecule has 120 valence electrons. The van der Waals surface area contributed by atoms with Crippen molar-refractivity contribution in [3.63, 3.8) is 0 Å². The molecule has 2 aliphatic heterocycles. The molecule has 1 aromatic heterocycles. The van der Waals surface area contributed by atoms with Gasteiger partial charge in [0.05, 0.1) is 24.3 Å². The summed E-state index contributed by atoms with van der Waals surface area (Å²) in [5.41, 5.74) is 2.62. The third kappa shape index (κ3) is 2.16. The van der Waals surface area contributed by atoms with Crippen LogP contribution in [0.5, 0.6) is 0 Å². The fourth-order valence-electron chi connectivity index (χ4n) is 3.42. The summed E-state index contributed by atoms with van der Waals surface area (Å²) >= 11 is 0. The number of ether oxygens (including phenoxy) is 4. The van der Waals surface area contributed by atoms with Gasteiger partial charge in [-0.2, -0.15) is 0 Å². The largest absolute Gasteiger partial charge is 0.464 e. The Morgan fingerprint density at radius 2 is 2.17 bits per heavy atom. The van der Waals surface area contributed by atoms with Crippen molar-refractivity contribution >= 4 is 10.9 Å². The summed E-state index contributed by atoms with van der Waals surface area (Å²) in [4.78, 5) is 4.84. The van der Waals surface area contributed by atoms with Crippen molar-refractivity contribution in [2.75, 3.05) is 20.8 Å². The molecule has 0 aliphatic carbocycles. The van der Waals surface area contributed by atoms with Gasteiger partial charge in [-0.05, 0) is 24.6 Å². The Kier molecular flexibility index (Phi) is 3.56. The molecule has 0 fully saturated rings. The van der Waals surface area contributed by atoms with E-state index in [1.807, 2.05) is 30.3 Å². The summed E-state index contributed by atoms with van der Waals surface area (Å²) in [6, 6.07) is 10.1. The molecule has 4 rings (SSSR count). The second kappa shape index (κ2) is 5.60. The fourth-order valence-corrected chi connectivity index (χ4v) is 3.42. The minimum Gasteiger partial charge on any atom is -0.464 e. The molecule has 0 bridgehead atoms. The molecule has 1 spiro atoms. The number of para-hydroxylation sites is 1. The molecule has 0 amide bonds. The van der Waals surface area contributed by atoms with Gasteiger partial charge < -0.3 is 18.9 Å². The van der Waals surface area contributed by atoms with E-state index in [4.69, 9.17) is 23.9 Å². The minimum absolute atomic E-state index is 0.0186. The van der Waals surface area contributed by atoms with Crippen LogP contribution in [0.4, 0.5) is 0 Å². The van der Waals surface area contributed by atoms with Crippen molar-refractivity contribution in [3.8, 4) is 0 Å². The van der Waals surface area contributed by atoms with Gasteiger partial charge in [-0.25, -0.2) is 4.98 Å². The van der Waals surface area contributed by atoms with Crippen molar-refractivity contribution in [1.82, 2.24) is 4.98 Å². The summed E-state index contributed by atoms with van der Waals surface area (Å²) in [5, 5.41) is 1.06. The monoisotopic (exact) mass is 313 g/mol. The van der Waals surface area contributed by atoms with Crippen LogP contribution in [-0.4, -0.2) is 25.8 Å². The summed E-state index contributed by atoms with van der Waals surface area (Å²) in [7, 11) is 3.32. The third-order valence-corrected chi connectivity index (χ3v) is 4.50. The number of nitrogens with zero attached hydrogens (tertiary/aromatic N) is 1. The molecule has 5 nitrogen and oxygen atoms in total. The van der Waals surface area contributed by atoms with Gasteiger partial charge in [0.15, 0.2) is 6.29 Å². The first-order chi connectivity index (χ1) is 11.3. The quantitative estimate of drug-likeness (QED) is 0.870. The van der Waals surface area contributed by atoms with Crippen molar-refractivity contribution in [2.45, 2.75) is 18.5 Å². The Bertz CT molecular complexity index is 760. The highest BCUT2D eigenvalue weighted by Crippen LogP contribution is 2.51. The molecular weight excluding hydrogens is 294 g/mol. The predicted molar refractivity (Wildman–Crippen MR) is 84.5 cm³/mol. The number of benzene rings is 1. The molecular formula is C18H19NO4. The molecule has 5 heteroatoms. The van der Waals surface area contributed by atoms with Crippen molar-refractivity contribution in [2.24, 2.45) is 5.92 Å². The molecule has 1 aromatic carbocycles. The van der Waals surface area contributed by atoms with Gasteiger partial charge in [0.25, 0.3) is 5.79 Å². The van der Waals surface area contributed by atoms with E-state index in [0.717, 1.165) is 28.6 Å². The lowest BCUT2D eigenvalue weighted by molar-refractivity contribution is -0.312. The van der Waals surface area contributed by atoms with E-state index in [2.05, 4.69) is 6.07 Å². The van der Waals surface area contributed by atoms with Crippen LogP contribution in [-0.2, 0) is 24.7 Å². The van der Waals surface area contributed by atoms with Crippen LogP contribution < -0.4 is 0 Å². The highest BCUT2D eigenvalue weighted by molar-refractivity contribution is 5.79. The summed E-state index contributed by atoms with van der Waals surface area (Å²) in [6.07, 6.45) is 3.98. The van der Waals surface area contributed by atoms with Gasteiger partial charge in [0.2, 0.25) is 0 Å². The lowest BCUT2D eigenvalue weighted by Crippen LogP contribution is -2.41. The van der Waals surface area contributed by atoms with Crippen LogP contribution in [0, 0.1) is 5.92 Å². The van der Waals surface area contributed by atoms with Gasteiger partial charge in [-0.15, -0.1) is 0 Å². The molecule has 3 atom stereocenters. The van der Waals surface area contributed by atoms with Crippen LogP contribution in [0.15, 0.2) is 42.7 Å². The molecule has 0 N–H and O–H groups in total. The van der Waals surface area contributed by atoms with Gasteiger partial charge in [-0.3, -0.25) is 0 Å². The SMILES string of the molecule is COC[C@H]1CC=CO[C@]12O[C@H](OC)c1cc3ccccc3nc12. The number of hydrogen-bond acceptors (Lipinski definition) is 5. The Morgan fingerprint density at radius 1 is 1.30 bits per heavy atom. The second-order valence-corrected chi connectivity index (χ2v) is 5.85. The number of pyridine rings is 1. The van der Waals surface area contributed by atoms with Crippen LogP contribution in [0.2, 0.25) is 0 Å². The topological polar surface area (TPSA) is 49.8 Å². The zero-order valence-corrected chi connectivity index (χ0v) is 13.2. The van der Waals surface area contributed by atoms with E-state index in [0.29, 0.717) is 6.61 Å². The van der Waals surface area contributed by atoms with E-state index in [1.165, 1.54) is 0 Å². The number of hydrogen-bond donors (Lipinski definition) is 0. The number of fused-ring (bicyclic) bond motifs is 3. The van der Waals surface area contributed by atoms with E-state index in [9.17, 15) is 0 Å². The first-order valence-electron chi connectivity index (χ1n) is 7.71. The average Bonchev–Trinajstić information content (AvgIpc) is 2.89. The molecule has 23 heavy (non-hydrogen) atoms. The van der Waals surface area contributed by atoms with E-state index in [-0.39, 0.29) is 5.92 Å². The predicted octanol–water partition coefficient (Wildman–Crippen LogP) is 3.26. The van der Waals surface area contributed by atoms with Crippen molar-refractivity contribution < 1.29 is 18.9 Å². The van der Waals surface area contributed by atoms with Gasteiger partial charge in [0.1, 0.15) is 5.69 Å². The van der Waals surface area contributed by atoms with Crippen molar-refractivity contribution in [1.29, 1.82) is 0 Å². The molecule has 0 saturated carbocycles. The van der Waals surface area contributed by atoms with E-state index < -0.39 is 12.1 Å². The van der Waals surface area contributed by atoms with Crippen LogP contribution in [0.3, 0.4) is 0 Å².